The summed E-state index contributed by atoms with van der Waals surface area (Å²) in [5.41, 5.74) is 0. The van der Waals surface area contributed by atoms with Gasteiger partial charge in [0, 0.05) is 37.1 Å². The minimum atomic E-state index is 0.382. The third-order valence-corrected chi connectivity index (χ3v) is 2.99. The molecule has 1 aromatic rings. The van der Waals surface area contributed by atoms with Gasteiger partial charge in [0.2, 0.25) is 5.13 Å². The van der Waals surface area contributed by atoms with E-state index < -0.39 is 0 Å². The first-order chi connectivity index (χ1) is 7.38. The number of anilines is 1. The van der Waals surface area contributed by atoms with Crippen molar-refractivity contribution in [1.82, 2.24) is 14.7 Å². The molecule has 15 heavy (non-hydrogen) atoms. The number of ether oxygens (including phenoxy) is 1. The Labute approximate surface area is 93.4 Å². The molecule has 2 N–H and O–H groups in total. The summed E-state index contributed by atoms with van der Waals surface area (Å²) in [6.07, 6.45) is 0.892. The number of nitrogens with zero attached hydrogens (tertiary/aromatic N) is 2. The summed E-state index contributed by atoms with van der Waals surface area (Å²) < 4.78 is 9.58. The lowest BCUT2D eigenvalue weighted by molar-refractivity contribution is 0.0806. The van der Waals surface area contributed by atoms with Gasteiger partial charge in [-0.25, -0.2) is 4.98 Å². The van der Waals surface area contributed by atoms with Gasteiger partial charge in [-0.1, -0.05) is 6.92 Å². The lowest BCUT2D eigenvalue weighted by Gasteiger charge is -2.23. The van der Waals surface area contributed by atoms with Crippen molar-refractivity contribution in [2.24, 2.45) is 0 Å². The van der Waals surface area contributed by atoms with Crippen molar-refractivity contribution in [2.75, 3.05) is 31.6 Å². The highest BCUT2D eigenvalue weighted by Gasteiger charge is 2.13. The van der Waals surface area contributed by atoms with E-state index in [1.54, 1.807) is 0 Å². The van der Waals surface area contributed by atoms with Crippen LogP contribution in [0.25, 0.3) is 0 Å². The standard InChI is InChI=1S/C9H16N4OS/c1-2-8-12-9(15-13-8)11-5-7-6-14-4-3-10-7/h7,10H,2-6H2,1H3,(H,11,12,13). The normalized spacial score (nSPS) is 21.5. The maximum atomic E-state index is 5.36. The van der Waals surface area contributed by atoms with Gasteiger partial charge in [-0.15, -0.1) is 0 Å². The summed E-state index contributed by atoms with van der Waals surface area (Å²) in [6.45, 7) is 5.42. The van der Waals surface area contributed by atoms with Gasteiger partial charge in [0.15, 0.2) is 0 Å². The topological polar surface area (TPSA) is 59.1 Å². The molecule has 84 valence electrons. The molecule has 5 nitrogen and oxygen atoms in total. The average molecular weight is 228 g/mol. The van der Waals surface area contributed by atoms with Crippen LogP contribution in [0.15, 0.2) is 0 Å². The van der Waals surface area contributed by atoms with E-state index in [0.29, 0.717) is 6.04 Å². The van der Waals surface area contributed by atoms with Crippen LogP contribution in [0.5, 0.6) is 0 Å². The van der Waals surface area contributed by atoms with Crippen LogP contribution in [-0.2, 0) is 11.2 Å². The van der Waals surface area contributed by atoms with E-state index in [0.717, 1.165) is 43.7 Å². The van der Waals surface area contributed by atoms with Crippen LogP contribution in [0.1, 0.15) is 12.7 Å². The van der Waals surface area contributed by atoms with Gasteiger partial charge < -0.3 is 15.4 Å². The van der Waals surface area contributed by atoms with Crippen LogP contribution in [0.3, 0.4) is 0 Å². The molecule has 0 spiro atoms. The first-order valence-electron chi connectivity index (χ1n) is 5.26. The van der Waals surface area contributed by atoms with Gasteiger partial charge in [-0.2, -0.15) is 4.37 Å². The number of nitrogens with one attached hydrogen (secondary N) is 2. The van der Waals surface area contributed by atoms with Crippen LogP contribution in [0, 0.1) is 0 Å². The Morgan fingerprint density at radius 1 is 1.67 bits per heavy atom. The Kier molecular flexibility index (Phi) is 3.87. The van der Waals surface area contributed by atoms with E-state index in [4.69, 9.17) is 4.74 Å². The first-order valence-corrected chi connectivity index (χ1v) is 6.03. The molecule has 1 atom stereocenters. The van der Waals surface area contributed by atoms with Crippen molar-refractivity contribution in [1.29, 1.82) is 0 Å². The van der Waals surface area contributed by atoms with E-state index in [-0.39, 0.29) is 0 Å². The summed E-state index contributed by atoms with van der Waals surface area (Å²) in [4.78, 5) is 4.34. The van der Waals surface area contributed by atoms with Crippen molar-refractivity contribution in [2.45, 2.75) is 19.4 Å². The molecule has 6 heteroatoms. The fourth-order valence-electron chi connectivity index (χ4n) is 1.43. The zero-order valence-electron chi connectivity index (χ0n) is 8.82. The molecule has 1 aromatic heterocycles. The molecule has 0 radical (unpaired) electrons. The van der Waals surface area contributed by atoms with Crippen LogP contribution >= 0.6 is 11.5 Å². The largest absolute Gasteiger partial charge is 0.378 e. The number of aryl methyl sites for hydroxylation is 1. The predicted octanol–water partition coefficient (Wildman–Crippen LogP) is 0.501. The van der Waals surface area contributed by atoms with Gasteiger partial charge in [0.05, 0.1) is 13.2 Å². The van der Waals surface area contributed by atoms with Gasteiger partial charge in [0.1, 0.15) is 5.82 Å². The van der Waals surface area contributed by atoms with Crippen molar-refractivity contribution < 1.29 is 4.74 Å². The summed E-state index contributed by atoms with van der Waals surface area (Å²) in [5, 5.41) is 7.55. The number of morpholine rings is 1. The molecule has 0 bridgehead atoms. The smallest absolute Gasteiger partial charge is 0.202 e. The molecule has 1 aliphatic heterocycles. The number of aromatic nitrogens is 2. The SMILES string of the molecule is CCc1nsc(NCC2COCCN2)n1. The van der Waals surface area contributed by atoms with Crippen molar-refractivity contribution in [3.05, 3.63) is 5.82 Å². The van der Waals surface area contributed by atoms with E-state index >= 15 is 0 Å². The number of hydrogen-bond donors (Lipinski definition) is 2. The fraction of sp³-hybridized carbons (Fsp3) is 0.778. The zero-order valence-corrected chi connectivity index (χ0v) is 9.64. The van der Waals surface area contributed by atoms with E-state index in [1.165, 1.54) is 11.5 Å². The Morgan fingerprint density at radius 3 is 3.27 bits per heavy atom. The van der Waals surface area contributed by atoms with Gasteiger partial charge >= 0.3 is 0 Å². The second-order valence-electron chi connectivity index (χ2n) is 3.48. The van der Waals surface area contributed by atoms with Crippen LogP contribution in [-0.4, -0.2) is 41.7 Å². The van der Waals surface area contributed by atoms with E-state index in [2.05, 4.69) is 26.9 Å². The highest BCUT2D eigenvalue weighted by atomic mass is 32.1. The Morgan fingerprint density at radius 2 is 2.60 bits per heavy atom. The predicted molar refractivity (Wildman–Crippen MR) is 60.4 cm³/mol. The molecule has 1 saturated heterocycles. The third-order valence-electron chi connectivity index (χ3n) is 2.28. The van der Waals surface area contributed by atoms with Gasteiger partial charge in [-0.05, 0) is 0 Å². The minimum Gasteiger partial charge on any atom is -0.378 e. The summed E-state index contributed by atoms with van der Waals surface area (Å²) in [5.74, 6) is 0.912. The number of hydrogen-bond acceptors (Lipinski definition) is 6. The Hall–Kier alpha value is -0.720. The molecule has 1 fully saturated rings. The quantitative estimate of drug-likeness (QED) is 0.786. The molecular formula is C9H16N4OS. The molecule has 0 aliphatic carbocycles. The second-order valence-corrected chi connectivity index (χ2v) is 4.23. The maximum absolute atomic E-state index is 5.36. The van der Waals surface area contributed by atoms with Gasteiger partial charge in [0.25, 0.3) is 0 Å². The number of rotatable bonds is 4. The van der Waals surface area contributed by atoms with Crippen molar-refractivity contribution in [3.8, 4) is 0 Å². The van der Waals surface area contributed by atoms with Crippen molar-refractivity contribution in [3.63, 3.8) is 0 Å². The highest BCUT2D eigenvalue weighted by Crippen LogP contribution is 2.11. The highest BCUT2D eigenvalue weighted by molar-refractivity contribution is 7.09. The molecule has 0 aromatic carbocycles. The molecule has 2 heterocycles. The molecule has 0 saturated carbocycles. The summed E-state index contributed by atoms with van der Waals surface area (Å²) in [6, 6.07) is 0.382. The monoisotopic (exact) mass is 228 g/mol. The lowest BCUT2D eigenvalue weighted by atomic mass is 10.3. The molecule has 1 unspecified atom stereocenters. The molecule has 0 amide bonds. The Bertz CT molecular complexity index is 298. The maximum Gasteiger partial charge on any atom is 0.202 e. The molecule has 2 rings (SSSR count). The third kappa shape index (κ3) is 3.12. The second kappa shape index (κ2) is 5.39. The van der Waals surface area contributed by atoms with E-state index in [1.807, 2.05) is 0 Å². The Balaban J connectivity index is 1.76. The average Bonchev–Trinajstić information content (AvgIpc) is 2.76. The van der Waals surface area contributed by atoms with E-state index in [9.17, 15) is 0 Å². The van der Waals surface area contributed by atoms with Crippen LogP contribution < -0.4 is 10.6 Å². The fourth-order valence-corrected chi connectivity index (χ4v) is 2.09. The van der Waals surface area contributed by atoms with Crippen LogP contribution in [0.4, 0.5) is 5.13 Å². The molecular weight excluding hydrogens is 212 g/mol. The summed E-state index contributed by atoms with van der Waals surface area (Å²) in [7, 11) is 0. The zero-order chi connectivity index (χ0) is 10.5. The lowest BCUT2D eigenvalue weighted by Crippen LogP contribution is -2.45. The first kappa shape index (κ1) is 10.8. The summed E-state index contributed by atoms with van der Waals surface area (Å²) >= 11 is 1.42. The minimum absolute atomic E-state index is 0.382. The van der Waals surface area contributed by atoms with Gasteiger partial charge in [-0.3, -0.25) is 0 Å². The molecule has 1 aliphatic rings. The van der Waals surface area contributed by atoms with Crippen molar-refractivity contribution >= 4 is 16.7 Å². The van der Waals surface area contributed by atoms with Crippen LogP contribution in [0.2, 0.25) is 0 Å².